The summed E-state index contributed by atoms with van der Waals surface area (Å²) in [5.41, 5.74) is -1.42. The van der Waals surface area contributed by atoms with E-state index < -0.39 is 141 Å². The number of rotatable bonds is 90. The number of carbonyl (C=O) groups excluding carboxylic acids is 7. The van der Waals surface area contributed by atoms with Crippen LogP contribution in [0.3, 0.4) is 0 Å². The van der Waals surface area contributed by atoms with E-state index in [4.69, 9.17) is 80.5 Å². The number of aliphatic hydroxyl groups is 9. The molecule has 4 saturated heterocycles. The molecule has 0 radical (unpaired) electrons. The Bertz CT molecular complexity index is 3120. The zero-order valence-electron chi connectivity index (χ0n) is 86.7. The van der Waals surface area contributed by atoms with Gasteiger partial charge in [0, 0.05) is 85.5 Å². The quantitative estimate of drug-likeness (QED) is 0.0296. The largest absolute Gasteiger partial charge is 0.394 e. The molecule has 41 heteroatoms. The van der Waals surface area contributed by atoms with Gasteiger partial charge < -0.3 is 169 Å². The number of aliphatic hydroxyl groups excluding tert-OH is 9. The van der Waals surface area contributed by atoms with Gasteiger partial charge in [-0.1, -0.05) is 146 Å². The van der Waals surface area contributed by atoms with Crippen molar-refractivity contribution >= 4 is 41.4 Å². The Morgan fingerprint density at radius 2 is 0.678 bits per heavy atom. The Morgan fingerprint density at radius 3 is 1.01 bits per heavy atom. The highest BCUT2D eigenvalue weighted by molar-refractivity contribution is 5.78. The highest BCUT2D eigenvalue weighted by Gasteiger charge is 2.49. The summed E-state index contributed by atoms with van der Waals surface area (Å²) in [4.78, 5) is 91.9. The molecular weight excluding hydrogens is 1870 g/mol. The summed E-state index contributed by atoms with van der Waals surface area (Å²) < 4.78 is 100.0. The van der Waals surface area contributed by atoms with E-state index in [9.17, 15) is 79.5 Å². The van der Waals surface area contributed by atoms with Crippen molar-refractivity contribution in [2.24, 2.45) is 0 Å². The van der Waals surface area contributed by atoms with Gasteiger partial charge in [-0.3, -0.25) is 33.6 Å². The molecule has 0 aromatic carbocycles. The number of ether oxygens (including phenoxy) is 17. The second-order valence-corrected chi connectivity index (χ2v) is 37.1. The van der Waals surface area contributed by atoms with Crippen molar-refractivity contribution in [1.82, 2.24) is 42.1 Å². The van der Waals surface area contributed by atoms with E-state index in [1.165, 1.54) is 124 Å². The molecule has 143 heavy (non-hydrogen) atoms. The first-order chi connectivity index (χ1) is 69.3. The van der Waals surface area contributed by atoms with Gasteiger partial charge in [0.25, 0.3) is 0 Å². The van der Waals surface area contributed by atoms with E-state index in [-0.39, 0.29) is 214 Å². The second kappa shape index (κ2) is 83.0. The lowest BCUT2D eigenvalue weighted by Crippen LogP contribution is -2.64. The van der Waals surface area contributed by atoms with E-state index >= 15 is 0 Å². The summed E-state index contributed by atoms with van der Waals surface area (Å²) >= 11 is 0. The number of nitrogens with zero attached hydrogens (tertiary/aromatic N) is 1. The van der Waals surface area contributed by atoms with Gasteiger partial charge in [0.1, 0.15) is 78.6 Å². The smallest absolute Gasteiger partial charge is 0.222 e. The molecule has 0 aromatic rings. The van der Waals surface area contributed by atoms with Gasteiger partial charge in [-0.2, -0.15) is 0 Å². The zero-order valence-corrected chi connectivity index (χ0v) is 86.7. The topological polar surface area (TPSA) is 546 Å². The van der Waals surface area contributed by atoms with E-state index in [2.05, 4.69) is 112 Å². The van der Waals surface area contributed by atoms with Crippen LogP contribution in [0.5, 0.6) is 0 Å². The Morgan fingerprint density at radius 1 is 0.364 bits per heavy atom. The molecule has 16 atom stereocenters. The third-order valence-corrected chi connectivity index (χ3v) is 24.5. The van der Waals surface area contributed by atoms with Crippen LogP contribution in [0.1, 0.15) is 247 Å². The molecule has 830 valence electrons. The zero-order chi connectivity index (χ0) is 104. The first kappa shape index (κ1) is 129. The van der Waals surface area contributed by atoms with Crippen molar-refractivity contribution in [1.29, 1.82) is 0 Å². The van der Waals surface area contributed by atoms with E-state index in [0.717, 1.165) is 77.2 Å². The average molecular weight is 2050 g/mol. The number of unbranched alkanes of at least 4 members (excludes halogenated alkanes) is 20. The SMILES string of the molecule is CCCCC/C=C\C/C=C\CCCCCCCCC1(CCCCCCCC/C=C\C/C=C\CCCCC)OC[C@H](CN(C)CCCCCC(=O)NC(COCCC(=O)NCCOCCOCCO[C@@H]2OC(CO)[C@H](O)C(O)[C@@H]2NC(C)=O)(COCCC(=O)NCCOCCOCCO[C@@H]2OC(CO)[C@H](O)C(O)[C@@H]2NC(C)=O)COCCC(=O)NCCOCCOCCO[C@@H]2OC(CO)[C@H](O)C(O)[C@@H]2NC(C)=O)O1. The Hall–Kier alpha value is -5.83. The fourth-order valence-corrected chi connectivity index (χ4v) is 16.6. The maximum atomic E-state index is 14.4. The summed E-state index contributed by atoms with van der Waals surface area (Å²) in [6.45, 7) is 9.12. The van der Waals surface area contributed by atoms with Gasteiger partial charge in [-0.15, -0.1) is 0 Å². The van der Waals surface area contributed by atoms with Gasteiger partial charge in [0.15, 0.2) is 24.7 Å². The van der Waals surface area contributed by atoms with Crippen molar-refractivity contribution in [2.45, 2.75) is 356 Å². The monoisotopic (exact) mass is 2050 g/mol. The molecule has 41 nitrogen and oxygen atoms in total. The molecule has 0 spiro atoms. The standard InChI is InChI=1S/C102H184N8O33/c1-7-9-11-13-15-17-19-21-23-25-27-29-31-33-35-39-46-102(47-40-36-34-32-30-28-26-24-22-20-18-16-14-12-10-8-2)139-74-81(143-102)70-110(6)51-41-37-38-42-88(120)109-101(75-133-52-43-85(117)103-48-55-127-58-61-130-64-67-136-98-89(106-78(3)114)95(124)92(121)82(71-111)140-98,76-134-53-44-86(118)104-49-56-128-59-62-131-65-68-137-99-90(107-79(4)115)96(125)93(122)83(72-112)141-99)77-135-54-45-87(119)105-50-57-129-60-63-132-66-69-138-100-91(108-80(5)116)97(126)94(123)84(73-113)142-100/h15-18,21-24,81-84,89-100,111-113,121-126H,7-14,19-20,25-77H2,1-6H3,(H,103,117)(H,104,118)(H,105,119)(H,106,114)(H,107,115)(H,108,116)(H,109,120)/b17-15-,18-16-,23-21-,24-22-/t81-,82?,83?,84?,89-,90-,91-,92-,93-,94-,95?,96?,97?,98+,99+,100+,101?/m0/s1. The second-order valence-electron chi connectivity index (χ2n) is 37.1. The number of carbonyl (C=O) groups is 7. The summed E-state index contributed by atoms with van der Waals surface area (Å²) in [6, 6.07) is -3.31. The maximum absolute atomic E-state index is 14.4. The average Bonchev–Trinajstić information content (AvgIpc) is 1.38. The molecule has 6 unspecified atom stereocenters. The Balaban J connectivity index is 1.37. The van der Waals surface area contributed by atoms with E-state index in [1.807, 2.05) is 0 Å². The van der Waals surface area contributed by atoms with Crippen LogP contribution >= 0.6 is 0 Å². The first-order valence-corrected chi connectivity index (χ1v) is 52.8. The summed E-state index contributed by atoms with van der Waals surface area (Å²) in [6.07, 6.45) is 34.5. The van der Waals surface area contributed by atoms with Crippen molar-refractivity contribution in [2.75, 3.05) is 205 Å². The molecule has 4 aliphatic rings. The third-order valence-electron chi connectivity index (χ3n) is 24.5. The fourth-order valence-electron chi connectivity index (χ4n) is 16.6. The van der Waals surface area contributed by atoms with Gasteiger partial charge >= 0.3 is 0 Å². The van der Waals surface area contributed by atoms with Crippen LogP contribution < -0.4 is 37.2 Å². The van der Waals surface area contributed by atoms with E-state index in [1.54, 1.807) is 0 Å². The molecule has 16 N–H and O–H groups in total. The van der Waals surface area contributed by atoms with Gasteiger partial charge in [-0.25, -0.2) is 0 Å². The molecule has 4 fully saturated rings. The van der Waals surface area contributed by atoms with Crippen LogP contribution in [0.25, 0.3) is 0 Å². The molecule has 4 aliphatic heterocycles. The van der Waals surface area contributed by atoms with Crippen LogP contribution in [0.2, 0.25) is 0 Å². The van der Waals surface area contributed by atoms with Crippen molar-refractivity contribution in [3.8, 4) is 0 Å². The highest BCUT2D eigenvalue weighted by Crippen LogP contribution is 2.36. The lowest BCUT2D eigenvalue weighted by atomic mass is 9.97. The minimum absolute atomic E-state index is 0.0312. The van der Waals surface area contributed by atoms with Crippen LogP contribution in [0, 0.1) is 0 Å². The van der Waals surface area contributed by atoms with Gasteiger partial charge in [0.05, 0.1) is 171 Å². The van der Waals surface area contributed by atoms with Crippen LogP contribution in [0.4, 0.5) is 0 Å². The molecule has 0 bridgehead atoms. The summed E-state index contributed by atoms with van der Waals surface area (Å²) in [5.74, 6) is -3.51. The number of hydrogen-bond acceptors (Lipinski definition) is 34. The number of likely N-dealkylation sites (N-methyl/N-ethyl adjacent to an activating group) is 1. The van der Waals surface area contributed by atoms with Crippen LogP contribution in [-0.2, 0) is 114 Å². The number of allylic oxidation sites excluding steroid dienone is 8. The van der Waals surface area contributed by atoms with Crippen LogP contribution in [0.15, 0.2) is 48.6 Å². The molecule has 0 aliphatic carbocycles. The Labute approximate surface area is 849 Å². The van der Waals surface area contributed by atoms with Crippen molar-refractivity contribution in [3.63, 3.8) is 0 Å². The first-order valence-electron chi connectivity index (χ1n) is 52.8. The third kappa shape index (κ3) is 60.6. The van der Waals surface area contributed by atoms with Crippen LogP contribution in [-0.4, -0.2) is 407 Å². The van der Waals surface area contributed by atoms with Crippen molar-refractivity contribution < 1.29 is 160 Å². The normalized spacial score (nSPS) is 23.4. The minimum Gasteiger partial charge on any atom is -0.394 e. The molecule has 0 saturated carbocycles. The number of hydrogen-bond donors (Lipinski definition) is 16. The van der Waals surface area contributed by atoms with Gasteiger partial charge in [0.2, 0.25) is 41.4 Å². The minimum atomic E-state index is -1.46. The van der Waals surface area contributed by atoms with Crippen molar-refractivity contribution in [3.05, 3.63) is 48.6 Å². The lowest BCUT2D eigenvalue weighted by molar-refractivity contribution is -0.272. The fraction of sp³-hybridized carbons (Fsp3) is 0.853. The molecule has 4 heterocycles. The lowest BCUT2D eigenvalue weighted by Gasteiger charge is -2.42. The number of amides is 7. The predicted octanol–water partition coefficient (Wildman–Crippen LogP) is 4.40. The highest BCUT2D eigenvalue weighted by atomic mass is 16.7. The summed E-state index contributed by atoms with van der Waals surface area (Å²) in [5, 5.41) is 111. The molecule has 4 rings (SSSR count). The van der Waals surface area contributed by atoms with Gasteiger partial charge in [-0.05, 0) is 103 Å². The summed E-state index contributed by atoms with van der Waals surface area (Å²) in [7, 11) is 2.09. The van der Waals surface area contributed by atoms with E-state index in [0.29, 0.717) is 26.0 Å². The predicted molar refractivity (Wildman–Crippen MR) is 533 cm³/mol. The molecular formula is C102H184N8O33. The maximum Gasteiger partial charge on any atom is 0.222 e. The molecule has 0 aromatic heterocycles. The number of nitrogens with one attached hydrogen (secondary N) is 7. The Kier molecular flexibility index (Phi) is 75.1. The molecule has 7 amide bonds.